The largest absolute Gasteiger partial charge is 0.481 e. The van der Waals surface area contributed by atoms with Gasteiger partial charge >= 0.3 is 5.97 Å². The number of carboxylic acid groups (broad SMARTS) is 1. The van der Waals surface area contributed by atoms with Crippen molar-refractivity contribution in [3.05, 3.63) is 41.2 Å². The molecule has 2 heterocycles. The summed E-state index contributed by atoms with van der Waals surface area (Å²) in [5.74, 6) is -1.86. The van der Waals surface area contributed by atoms with E-state index in [2.05, 4.69) is 10.6 Å². The average Bonchev–Trinajstić information content (AvgIpc) is 3.38. The Labute approximate surface area is 166 Å². The predicted molar refractivity (Wildman–Crippen MR) is 103 cm³/mol. The fourth-order valence-corrected chi connectivity index (χ4v) is 5.43. The number of thiophene rings is 1. The van der Waals surface area contributed by atoms with E-state index in [0.717, 1.165) is 25.7 Å². The smallest absolute Gasteiger partial charge is 0.307 e. The summed E-state index contributed by atoms with van der Waals surface area (Å²) in [6.07, 6.45) is 5.09. The third-order valence-corrected chi connectivity index (χ3v) is 6.79. The van der Waals surface area contributed by atoms with Crippen molar-refractivity contribution >= 4 is 34.1 Å². The van der Waals surface area contributed by atoms with Gasteiger partial charge in [-0.25, -0.2) is 0 Å². The van der Waals surface area contributed by atoms with Crippen LogP contribution in [0.4, 0.5) is 5.00 Å². The van der Waals surface area contributed by atoms with Crippen molar-refractivity contribution in [1.82, 2.24) is 5.32 Å². The third-order valence-electron chi connectivity index (χ3n) is 5.96. The number of anilines is 1. The highest BCUT2D eigenvalue weighted by Gasteiger charge is 2.50. The highest BCUT2D eigenvalue weighted by molar-refractivity contribution is 7.14. The molecular weight excluding hydrogens is 380 g/mol. The van der Waals surface area contributed by atoms with E-state index in [9.17, 15) is 19.5 Å². The maximum Gasteiger partial charge on any atom is 0.307 e. The summed E-state index contributed by atoms with van der Waals surface area (Å²) >= 11 is 1.26. The number of aliphatic carboxylic acids is 1. The Morgan fingerprint density at radius 2 is 1.82 bits per heavy atom. The zero-order valence-electron chi connectivity index (χ0n) is 15.2. The Balaban J connectivity index is 1.46. The molecular formula is C20H22N2O5S. The van der Waals surface area contributed by atoms with E-state index in [4.69, 9.17) is 4.42 Å². The molecule has 3 saturated carbocycles. The van der Waals surface area contributed by atoms with E-state index in [-0.39, 0.29) is 30.2 Å². The summed E-state index contributed by atoms with van der Waals surface area (Å²) in [7, 11) is 0. The number of hydrogen-bond donors (Lipinski definition) is 3. The Morgan fingerprint density at radius 1 is 1.11 bits per heavy atom. The molecule has 3 N–H and O–H groups in total. The number of fused-ring (bicyclic) bond motifs is 3. The normalized spacial score (nSPS) is 26.0. The van der Waals surface area contributed by atoms with Crippen LogP contribution < -0.4 is 10.6 Å². The van der Waals surface area contributed by atoms with Crippen molar-refractivity contribution < 1.29 is 23.9 Å². The highest BCUT2D eigenvalue weighted by Crippen LogP contribution is 2.49. The van der Waals surface area contributed by atoms with E-state index in [1.807, 2.05) is 0 Å². The number of amides is 2. The minimum absolute atomic E-state index is 0.0673. The van der Waals surface area contributed by atoms with Gasteiger partial charge in [0.1, 0.15) is 10.8 Å². The highest BCUT2D eigenvalue weighted by atomic mass is 32.1. The first-order valence-electron chi connectivity index (χ1n) is 9.46. The van der Waals surface area contributed by atoms with Gasteiger partial charge in [0.15, 0.2) is 0 Å². The molecule has 0 aromatic carbocycles. The molecule has 0 radical (unpaired) electrons. The Kier molecular flexibility index (Phi) is 5.21. The minimum atomic E-state index is -0.892. The molecule has 0 unspecified atom stereocenters. The van der Waals surface area contributed by atoms with Crippen LogP contribution >= 0.6 is 11.3 Å². The molecule has 5 rings (SSSR count). The van der Waals surface area contributed by atoms with Crippen LogP contribution in [0.3, 0.4) is 0 Å². The van der Waals surface area contributed by atoms with Gasteiger partial charge in [0.2, 0.25) is 5.91 Å². The summed E-state index contributed by atoms with van der Waals surface area (Å²) in [5, 5.41) is 17.4. The van der Waals surface area contributed by atoms with Gasteiger partial charge in [0.25, 0.3) is 5.91 Å². The van der Waals surface area contributed by atoms with Crippen LogP contribution in [0.25, 0.3) is 0 Å². The van der Waals surface area contributed by atoms with E-state index < -0.39 is 17.8 Å². The molecule has 2 amide bonds. The standard InChI is InChI=1S/C20H22N2O5S/c23-17(21-10-13-2-1-8-27-13)14-7-9-28-19(14)22-18(24)15-11-3-5-12(6-4-11)16(15)20(25)26/h1-2,7-9,11-12,15-16H,3-6,10H2,(H,21,23)(H,22,24)(H,25,26)/t11?,12?,15-,16-/m1/s1. The lowest BCUT2D eigenvalue weighted by atomic mass is 9.58. The maximum absolute atomic E-state index is 13.0. The van der Waals surface area contributed by atoms with Crippen molar-refractivity contribution in [2.45, 2.75) is 32.2 Å². The first kappa shape index (κ1) is 18.7. The topological polar surface area (TPSA) is 109 Å². The molecule has 8 heteroatoms. The van der Waals surface area contributed by atoms with Crippen molar-refractivity contribution in [3.8, 4) is 0 Å². The molecule has 0 spiro atoms. The van der Waals surface area contributed by atoms with Gasteiger partial charge in [-0.2, -0.15) is 0 Å². The Morgan fingerprint density at radius 3 is 2.46 bits per heavy atom. The average molecular weight is 402 g/mol. The molecule has 2 aromatic rings. The van der Waals surface area contributed by atoms with Crippen LogP contribution in [-0.2, 0) is 16.1 Å². The zero-order chi connectivity index (χ0) is 19.7. The van der Waals surface area contributed by atoms with E-state index in [1.165, 1.54) is 17.6 Å². The monoisotopic (exact) mass is 402 g/mol. The van der Waals surface area contributed by atoms with Gasteiger partial charge in [-0.05, 0) is 61.1 Å². The number of furan rings is 1. The summed E-state index contributed by atoms with van der Waals surface area (Å²) < 4.78 is 5.20. The van der Waals surface area contributed by atoms with Crippen LogP contribution in [0, 0.1) is 23.7 Å². The lowest BCUT2D eigenvalue weighted by Crippen LogP contribution is -2.49. The van der Waals surface area contributed by atoms with Crippen molar-refractivity contribution in [2.24, 2.45) is 23.7 Å². The van der Waals surface area contributed by atoms with Crippen LogP contribution in [0.15, 0.2) is 34.3 Å². The SMILES string of the molecule is O=C(NCc1ccco1)c1ccsc1NC(=O)[C@@H]1C2CCC(CC2)[C@H]1C(=O)O. The summed E-state index contributed by atoms with van der Waals surface area (Å²) in [6.45, 7) is 0.253. The minimum Gasteiger partial charge on any atom is -0.481 e. The molecule has 3 fully saturated rings. The molecule has 2 aromatic heterocycles. The van der Waals surface area contributed by atoms with Gasteiger partial charge in [0.05, 0.1) is 30.2 Å². The second-order valence-corrected chi connectivity index (χ2v) is 8.40. The van der Waals surface area contributed by atoms with Crippen molar-refractivity contribution in [1.29, 1.82) is 0 Å². The lowest BCUT2D eigenvalue weighted by Gasteiger charge is -2.45. The zero-order valence-corrected chi connectivity index (χ0v) is 16.0. The quantitative estimate of drug-likeness (QED) is 0.687. The van der Waals surface area contributed by atoms with Gasteiger partial charge in [-0.15, -0.1) is 11.3 Å². The van der Waals surface area contributed by atoms with Crippen molar-refractivity contribution in [3.63, 3.8) is 0 Å². The first-order chi connectivity index (χ1) is 13.5. The van der Waals surface area contributed by atoms with Gasteiger partial charge in [-0.1, -0.05) is 0 Å². The number of rotatable bonds is 6. The molecule has 148 valence electrons. The summed E-state index contributed by atoms with van der Waals surface area (Å²) in [5.41, 5.74) is 0.373. The summed E-state index contributed by atoms with van der Waals surface area (Å²) in [4.78, 5) is 37.2. The van der Waals surface area contributed by atoms with Gasteiger partial charge in [0, 0.05) is 0 Å². The summed E-state index contributed by atoms with van der Waals surface area (Å²) in [6, 6.07) is 5.16. The molecule has 3 aliphatic rings. The van der Waals surface area contributed by atoms with Crippen LogP contribution in [0.5, 0.6) is 0 Å². The van der Waals surface area contributed by atoms with E-state index >= 15 is 0 Å². The van der Waals surface area contributed by atoms with Gasteiger partial charge < -0.3 is 20.2 Å². The number of nitrogens with one attached hydrogen (secondary N) is 2. The second kappa shape index (κ2) is 7.79. The maximum atomic E-state index is 13.0. The van der Waals surface area contributed by atoms with E-state index in [0.29, 0.717) is 16.3 Å². The fraction of sp³-hybridized carbons (Fsp3) is 0.450. The second-order valence-electron chi connectivity index (χ2n) is 7.48. The van der Waals surface area contributed by atoms with Gasteiger partial charge in [-0.3, -0.25) is 14.4 Å². The molecule has 0 saturated heterocycles. The molecule has 28 heavy (non-hydrogen) atoms. The third kappa shape index (κ3) is 3.56. The Hall–Kier alpha value is -2.61. The number of carbonyl (C=O) groups is 3. The predicted octanol–water partition coefficient (Wildman–Crippen LogP) is 3.35. The molecule has 3 aliphatic carbocycles. The molecule has 0 aliphatic heterocycles. The van der Waals surface area contributed by atoms with Crippen molar-refractivity contribution in [2.75, 3.05) is 5.32 Å². The molecule has 2 bridgehead atoms. The number of carboxylic acids is 1. The number of hydrogen-bond acceptors (Lipinski definition) is 5. The Bertz CT molecular complexity index is 867. The number of carbonyl (C=O) groups excluding carboxylic acids is 2. The van der Waals surface area contributed by atoms with Crippen LogP contribution in [0.2, 0.25) is 0 Å². The fourth-order valence-electron chi connectivity index (χ4n) is 4.64. The molecule has 2 atom stereocenters. The van der Waals surface area contributed by atoms with Crippen LogP contribution in [0.1, 0.15) is 41.8 Å². The van der Waals surface area contributed by atoms with Crippen LogP contribution in [-0.4, -0.2) is 22.9 Å². The lowest BCUT2D eigenvalue weighted by molar-refractivity contribution is -0.156. The molecule has 7 nitrogen and oxygen atoms in total. The first-order valence-corrected chi connectivity index (χ1v) is 10.3. The van der Waals surface area contributed by atoms with E-state index in [1.54, 1.807) is 23.6 Å².